The molecule has 242 valence electrons. The van der Waals surface area contributed by atoms with Gasteiger partial charge in [-0.15, -0.1) is 0 Å². The van der Waals surface area contributed by atoms with Gasteiger partial charge in [0, 0.05) is 69.2 Å². The van der Waals surface area contributed by atoms with Crippen LogP contribution in [0.3, 0.4) is 0 Å². The van der Waals surface area contributed by atoms with E-state index >= 15 is 0 Å². The number of benzene rings is 2. The molecule has 1 atom stereocenters. The molecule has 3 heterocycles. The number of carbonyl (C=O) groups is 1. The zero-order valence-electron chi connectivity index (χ0n) is 28.0. The molecular formula is C37H45N5O4. The minimum absolute atomic E-state index is 0.0157. The largest absolute Gasteiger partial charge is 0.496 e. The molecule has 3 aromatic rings. The van der Waals surface area contributed by atoms with Crippen molar-refractivity contribution in [2.45, 2.75) is 71.1 Å². The lowest BCUT2D eigenvalue weighted by Crippen LogP contribution is -2.54. The predicted octanol–water partition coefficient (Wildman–Crippen LogP) is 4.90. The Morgan fingerprint density at radius 3 is 2.39 bits per heavy atom. The van der Waals surface area contributed by atoms with Gasteiger partial charge in [-0.2, -0.15) is 5.26 Å². The first kappa shape index (κ1) is 31.8. The van der Waals surface area contributed by atoms with Crippen molar-refractivity contribution in [3.8, 4) is 28.7 Å². The zero-order valence-corrected chi connectivity index (χ0v) is 28.0. The number of nitriles is 1. The van der Waals surface area contributed by atoms with Crippen molar-refractivity contribution in [2.75, 3.05) is 40.4 Å². The third kappa shape index (κ3) is 5.80. The molecule has 1 saturated heterocycles. The maximum absolute atomic E-state index is 12.5. The summed E-state index contributed by atoms with van der Waals surface area (Å²) in [6.45, 7) is 11.1. The van der Waals surface area contributed by atoms with E-state index in [1.807, 2.05) is 31.0 Å². The van der Waals surface area contributed by atoms with Crippen molar-refractivity contribution in [2.24, 2.45) is 7.05 Å². The molecule has 9 heteroatoms. The number of rotatable bonds is 8. The van der Waals surface area contributed by atoms with E-state index < -0.39 is 0 Å². The minimum Gasteiger partial charge on any atom is -0.496 e. The predicted molar refractivity (Wildman–Crippen MR) is 178 cm³/mol. The molecule has 9 nitrogen and oxygen atoms in total. The second-order valence-corrected chi connectivity index (χ2v) is 13.3. The summed E-state index contributed by atoms with van der Waals surface area (Å²) in [5, 5.41) is 9.04. The van der Waals surface area contributed by atoms with Crippen LogP contribution in [0.15, 0.2) is 41.3 Å². The summed E-state index contributed by atoms with van der Waals surface area (Å²) >= 11 is 0. The number of fused-ring (bicyclic) bond motifs is 1. The quantitative estimate of drug-likeness (QED) is 0.353. The minimum atomic E-state index is -0.0852. The van der Waals surface area contributed by atoms with Gasteiger partial charge < -0.3 is 18.9 Å². The highest BCUT2D eigenvalue weighted by Crippen LogP contribution is 2.47. The summed E-state index contributed by atoms with van der Waals surface area (Å²) in [5.74, 6) is 1.51. The van der Waals surface area contributed by atoms with Crippen LogP contribution in [-0.2, 0) is 31.4 Å². The Morgan fingerprint density at radius 1 is 1.02 bits per heavy atom. The summed E-state index contributed by atoms with van der Waals surface area (Å²) in [6.07, 6.45) is 4.99. The van der Waals surface area contributed by atoms with E-state index in [9.17, 15) is 9.59 Å². The van der Waals surface area contributed by atoms with E-state index in [-0.39, 0.29) is 29.5 Å². The Kier molecular flexibility index (Phi) is 8.70. The Morgan fingerprint density at radius 2 is 1.74 bits per heavy atom. The average molecular weight is 624 g/mol. The topological polar surface area (TPSA) is 91.0 Å². The molecule has 3 aliphatic rings. The van der Waals surface area contributed by atoms with E-state index in [2.05, 4.69) is 47.1 Å². The van der Waals surface area contributed by atoms with Crippen molar-refractivity contribution in [3.05, 3.63) is 80.3 Å². The Labute approximate surface area is 271 Å². The standard InChI is InChI=1S/C37H45N5O4/c1-24-25(2)36(44)39(4)21-31(24)29-18-33(45-5)32(34(19-29)46-6)22-41-16-15-40(23-37(41)11-12-37)20-27-7-8-28-10-14-42(35(43)9-13-38)26(3)30(28)17-27/h7-8,17-19,21,26H,9-12,14-16,20,22-23H2,1-6H3. The Balaban J connectivity index is 1.19. The molecule has 1 amide bonds. The maximum Gasteiger partial charge on any atom is 0.253 e. The molecule has 1 aromatic heterocycles. The number of nitrogens with zero attached hydrogens (tertiary/aromatic N) is 5. The second kappa shape index (κ2) is 12.6. The number of hydrogen-bond donors (Lipinski definition) is 0. The molecule has 2 aliphatic heterocycles. The SMILES string of the molecule is COc1cc(-c2cn(C)c(=O)c(C)c2C)cc(OC)c1CN1CCN(Cc2ccc3c(c2)C(C)N(C(=O)CC#N)CC3)CC12CC2. The van der Waals surface area contributed by atoms with Gasteiger partial charge in [0.05, 0.1) is 31.9 Å². The second-order valence-electron chi connectivity index (χ2n) is 13.3. The first-order valence-corrected chi connectivity index (χ1v) is 16.3. The van der Waals surface area contributed by atoms with Crippen LogP contribution in [0.25, 0.3) is 11.1 Å². The fraction of sp³-hybridized carbons (Fsp3) is 0.486. The molecule has 0 bridgehead atoms. The molecular weight excluding hydrogens is 578 g/mol. The van der Waals surface area contributed by atoms with Crippen molar-refractivity contribution in [1.82, 2.24) is 19.3 Å². The first-order valence-electron chi connectivity index (χ1n) is 16.3. The van der Waals surface area contributed by atoms with Gasteiger partial charge in [0.15, 0.2) is 0 Å². The lowest BCUT2D eigenvalue weighted by molar-refractivity contribution is -0.132. The normalized spacial score (nSPS) is 19.1. The maximum atomic E-state index is 12.5. The van der Waals surface area contributed by atoms with Gasteiger partial charge in [0.2, 0.25) is 5.91 Å². The molecule has 0 radical (unpaired) electrons. The molecule has 2 aromatic carbocycles. The van der Waals surface area contributed by atoms with E-state index in [1.165, 1.54) is 29.5 Å². The first-order chi connectivity index (χ1) is 22.1. The van der Waals surface area contributed by atoms with Gasteiger partial charge in [-0.3, -0.25) is 19.4 Å². The van der Waals surface area contributed by atoms with E-state index in [4.69, 9.17) is 14.7 Å². The van der Waals surface area contributed by atoms with Gasteiger partial charge in [-0.05, 0) is 80.0 Å². The average Bonchev–Trinajstić information content (AvgIpc) is 3.82. The van der Waals surface area contributed by atoms with Crippen LogP contribution in [-0.4, -0.2) is 71.1 Å². The van der Waals surface area contributed by atoms with Crippen LogP contribution in [0.4, 0.5) is 0 Å². The smallest absolute Gasteiger partial charge is 0.253 e. The van der Waals surface area contributed by atoms with Crippen LogP contribution in [0.2, 0.25) is 0 Å². The van der Waals surface area contributed by atoms with Gasteiger partial charge in [0.1, 0.15) is 17.9 Å². The third-order valence-corrected chi connectivity index (χ3v) is 10.6. The number of methoxy groups -OCH3 is 2. The third-order valence-electron chi connectivity index (χ3n) is 10.6. The summed E-state index contributed by atoms with van der Waals surface area (Å²) in [4.78, 5) is 32.1. The van der Waals surface area contributed by atoms with Crippen LogP contribution < -0.4 is 15.0 Å². The van der Waals surface area contributed by atoms with Crippen molar-refractivity contribution < 1.29 is 14.3 Å². The number of ether oxygens (including phenoxy) is 2. The monoisotopic (exact) mass is 623 g/mol. The zero-order chi connectivity index (χ0) is 32.7. The van der Waals surface area contributed by atoms with Crippen molar-refractivity contribution >= 4 is 5.91 Å². The number of hydrogen-bond acceptors (Lipinski definition) is 7. The van der Waals surface area contributed by atoms with Crippen LogP contribution in [0.1, 0.15) is 65.6 Å². The summed E-state index contributed by atoms with van der Waals surface area (Å²) in [7, 11) is 5.21. The molecule has 1 saturated carbocycles. The van der Waals surface area contributed by atoms with E-state index in [1.54, 1.807) is 25.8 Å². The number of aromatic nitrogens is 1. The number of aryl methyl sites for hydroxylation is 1. The number of amides is 1. The van der Waals surface area contributed by atoms with Gasteiger partial charge in [0.25, 0.3) is 5.56 Å². The van der Waals surface area contributed by atoms with Gasteiger partial charge in [-0.25, -0.2) is 0 Å². The molecule has 1 spiro atoms. The summed E-state index contributed by atoms with van der Waals surface area (Å²) < 4.78 is 13.6. The van der Waals surface area contributed by atoms with Crippen molar-refractivity contribution in [1.29, 1.82) is 5.26 Å². The molecule has 46 heavy (non-hydrogen) atoms. The van der Waals surface area contributed by atoms with Gasteiger partial charge in [-0.1, -0.05) is 18.2 Å². The fourth-order valence-corrected chi connectivity index (χ4v) is 7.58. The molecule has 6 rings (SSSR count). The van der Waals surface area contributed by atoms with Gasteiger partial charge >= 0.3 is 0 Å². The van der Waals surface area contributed by atoms with E-state index in [0.29, 0.717) is 6.54 Å². The highest BCUT2D eigenvalue weighted by atomic mass is 16.5. The fourth-order valence-electron chi connectivity index (χ4n) is 7.58. The summed E-state index contributed by atoms with van der Waals surface area (Å²) in [5.41, 5.74) is 8.65. The Bertz CT molecular complexity index is 1740. The van der Waals surface area contributed by atoms with Crippen LogP contribution in [0.5, 0.6) is 11.5 Å². The molecule has 1 unspecified atom stereocenters. The molecule has 1 aliphatic carbocycles. The molecule has 0 N–H and O–H groups in total. The van der Waals surface area contributed by atoms with Crippen LogP contribution in [0, 0.1) is 25.2 Å². The lowest BCUT2D eigenvalue weighted by atomic mass is 9.91. The highest BCUT2D eigenvalue weighted by Gasteiger charge is 2.51. The molecule has 2 fully saturated rings. The Hall–Kier alpha value is -4.13. The highest BCUT2D eigenvalue weighted by molar-refractivity contribution is 5.79. The lowest BCUT2D eigenvalue weighted by Gasteiger charge is -2.43. The summed E-state index contributed by atoms with van der Waals surface area (Å²) in [6, 6.07) is 12.9. The van der Waals surface area contributed by atoms with Crippen LogP contribution >= 0.6 is 0 Å². The number of piperazine rings is 1. The van der Waals surface area contributed by atoms with E-state index in [0.717, 1.165) is 78.5 Å². The van der Waals surface area contributed by atoms with Crippen molar-refractivity contribution in [3.63, 3.8) is 0 Å². The number of carbonyl (C=O) groups excluding carboxylic acids is 1. The number of pyridine rings is 1.